The minimum atomic E-state index is 0.687. The smallest absolute Gasteiger partial charge is 0.123 e. The van der Waals surface area contributed by atoms with Gasteiger partial charge in [0, 0.05) is 17.5 Å². The number of thiazole rings is 1. The van der Waals surface area contributed by atoms with E-state index in [4.69, 9.17) is 4.74 Å². The van der Waals surface area contributed by atoms with Gasteiger partial charge in [-0.15, -0.1) is 11.3 Å². The molecule has 4 heteroatoms. The molecule has 0 saturated carbocycles. The van der Waals surface area contributed by atoms with Gasteiger partial charge in [0.25, 0.3) is 0 Å². The van der Waals surface area contributed by atoms with E-state index in [0.717, 1.165) is 28.6 Å². The van der Waals surface area contributed by atoms with Crippen molar-refractivity contribution in [1.29, 1.82) is 0 Å². The van der Waals surface area contributed by atoms with Crippen LogP contribution in [0.25, 0.3) is 10.6 Å². The molecule has 0 radical (unpaired) electrons. The van der Waals surface area contributed by atoms with E-state index in [0.29, 0.717) is 6.61 Å². The van der Waals surface area contributed by atoms with Crippen molar-refractivity contribution in [1.82, 2.24) is 10.3 Å². The molecule has 1 heterocycles. The van der Waals surface area contributed by atoms with Crippen LogP contribution in [0.1, 0.15) is 12.6 Å². The second kappa shape index (κ2) is 5.80. The van der Waals surface area contributed by atoms with Crippen molar-refractivity contribution in [3.63, 3.8) is 0 Å². The molecular weight excluding hydrogens is 232 g/mol. The van der Waals surface area contributed by atoms with E-state index >= 15 is 0 Å². The van der Waals surface area contributed by atoms with Crippen LogP contribution in [-0.4, -0.2) is 18.6 Å². The number of aromatic nitrogens is 1. The molecule has 0 saturated heterocycles. The molecule has 0 aliphatic rings. The fourth-order valence-corrected chi connectivity index (χ4v) is 2.40. The molecule has 0 atom stereocenters. The van der Waals surface area contributed by atoms with Crippen LogP contribution in [0.5, 0.6) is 5.75 Å². The molecule has 0 aliphatic heterocycles. The standard InChI is InChI=1S/C13H16N2OS/c1-3-16-12-6-4-5-10(7-12)13-15-11(8-14-2)9-17-13/h4-7,9,14H,3,8H2,1-2H3. The van der Waals surface area contributed by atoms with Crippen LogP contribution in [0.2, 0.25) is 0 Å². The van der Waals surface area contributed by atoms with Gasteiger partial charge in [-0.25, -0.2) is 4.98 Å². The number of nitrogens with zero attached hydrogens (tertiary/aromatic N) is 1. The molecule has 1 aromatic carbocycles. The van der Waals surface area contributed by atoms with Crippen molar-refractivity contribution < 1.29 is 4.74 Å². The Kier molecular flexibility index (Phi) is 4.12. The highest BCUT2D eigenvalue weighted by molar-refractivity contribution is 7.13. The molecule has 0 unspecified atom stereocenters. The molecule has 0 fully saturated rings. The lowest BCUT2D eigenvalue weighted by Crippen LogP contribution is -2.04. The van der Waals surface area contributed by atoms with Gasteiger partial charge in [-0.3, -0.25) is 0 Å². The monoisotopic (exact) mass is 248 g/mol. The Morgan fingerprint density at radius 3 is 3.06 bits per heavy atom. The van der Waals surface area contributed by atoms with Gasteiger partial charge in [-0.05, 0) is 26.1 Å². The van der Waals surface area contributed by atoms with E-state index in [1.54, 1.807) is 11.3 Å². The topological polar surface area (TPSA) is 34.1 Å². The first-order valence-corrected chi connectivity index (χ1v) is 6.53. The van der Waals surface area contributed by atoms with Gasteiger partial charge in [0.15, 0.2) is 0 Å². The first kappa shape index (κ1) is 12.1. The molecule has 0 bridgehead atoms. The van der Waals surface area contributed by atoms with Crippen molar-refractivity contribution in [2.45, 2.75) is 13.5 Å². The third-order valence-electron chi connectivity index (χ3n) is 2.30. The highest BCUT2D eigenvalue weighted by atomic mass is 32.1. The molecule has 3 nitrogen and oxygen atoms in total. The summed E-state index contributed by atoms with van der Waals surface area (Å²) in [5, 5.41) is 6.22. The fraction of sp³-hybridized carbons (Fsp3) is 0.308. The summed E-state index contributed by atoms with van der Waals surface area (Å²) in [6, 6.07) is 8.06. The normalized spacial score (nSPS) is 10.5. The molecular formula is C13H16N2OS. The minimum Gasteiger partial charge on any atom is -0.494 e. The Labute approximate surface area is 105 Å². The van der Waals surface area contributed by atoms with Crippen molar-refractivity contribution in [3.05, 3.63) is 35.3 Å². The molecule has 1 aromatic heterocycles. The Hall–Kier alpha value is -1.39. The van der Waals surface area contributed by atoms with Crippen LogP contribution in [0.3, 0.4) is 0 Å². The quantitative estimate of drug-likeness (QED) is 0.883. The van der Waals surface area contributed by atoms with Crippen molar-refractivity contribution in [3.8, 4) is 16.3 Å². The average molecular weight is 248 g/mol. The molecule has 2 rings (SSSR count). The van der Waals surface area contributed by atoms with E-state index < -0.39 is 0 Å². The Bertz CT molecular complexity index is 482. The average Bonchev–Trinajstić information content (AvgIpc) is 2.79. The number of hydrogen-bond donors (Lipinski definition) is 1. The van der Waals surface area contributed by atoms with Crippen LogP contribution in [-0.2, 0) is 6.54 Å². The van der Waals surface area contributed by atoms with Gasteiger partial charge in [-0.1, -0.05) is 12.1 Å². The summed E-state index contributed by atoms with van der Waals surface area (Å²) in [7, 11) is 1.93. The van der Waals surface area contributed by atoms with Gasteiger partial charge in [0.2, 0.25) is 0 Å². The van der Waals surface area contributed by atoms with Crippen LogP contribution < -0.4 is 10.1 Å². The SMILES string of the molecule is CCOc1cccc(-c2nc(CNC)cs2)c1. The highest BCUT2D eigenvalue weighted by Crippen LogP contribution is 2.26. The number of nitrogens with one attached hydrogen (secondary N) is 1. The summed E-state index contributed by atoms with van der Waals surface area (Å²) in [4.78, 5) is 4.57. The van der Waals surface area contributed by atoms with Crippen molar-refractivity contribution >= 4 is 11.3 Å². The number of hydrogen-bond acceptors (Lipinski definition) is 4. The summed E-state index contributed by atoms with van der Waals surface area (Å²) in [6.45, 7) is 3.48. The second-order valence-electron chi connectivity index (χ2n) is 3.64. The molecule has 0 spiro atoms. The van der Waals surface area contributed by atoms with E-state index in [-0.39, 0.29) is 0 Å². The van der Waals surface area contributed by atoms with E-state index in [1.165, 1.54) is 0 Å². The molecule has 0 aliphatic carbocycles. The second-order valence-corrected chi connectivity index (χ2v) is 4.49. The van der Waals surface area contributed by atoms with Crippen molar-refractivity contribution in [2.24, 2.45) is 0 Å². The summed E-state index contributed by atoms with van der Waals surface area (Å²) in [5.41, 5.74) is 2.19. The third kappa shape index (κ3) is 3.05. The van der Waals surface area contributed by atoms with Gasteiger partial charge in [0.05, 0.1) is 12.3 Å². The van der Waals surface area contributed by atoms with Gasteiger partial charge >= 0.3 is 0 Å². The number of ether oxygens (including phenoxy) is 1. The van der Waals surface area contributed by atoms with Crippen molar-refractivity contribution in [2.75, 3.05) is 13.7 Å². The zero-order chi connectivity index (χ0) is 12.1. The van der Waals surface area contributed by atoms with Gasteiger partial charge < -0.3 is 10.1 Å². The summed E-state index contributed by atoms with van der Waals surface area (Å²) in [6.07, 6.45) is 0. The van der Waals surface area contributed by atoms with Gasteiger partial charge in [-0.2, -0.15) is 0 Å². The minimum absolute atomic E-state index is 0.687. The summed E-state index contributed by atoms with van der Waals surface area (Å²) < 4.78 is 5.49. The van der Waals surface area contributed by atoms with Crippen LogP contribution in [0, 0.1) is 0 Å². The Morgan fingerprint density at radius 1 is 1.41 bits per heavy atom. The highest BCUT2D eigenvalue weighted by Gasteiger charge is 2.05. The van der Waals surface area contributed by atoms with Crippen LogP contribution in [0.4, 0.5) is 0 Å². The zero-order valence-electron chi connectivity index (χ0n) is 10.1. The fourth-order valence-electron chi connectivity index (χ4n) is 1.59. The predicted octanol–water partition coefficient (Wildman–Crippen LogP) is 2.93. The molecule has 0 amide bonds. The molecule has 1 N–H and O–H groups in total. The maximum atomic E-state index is 5.49. The first-order valence-electron chi connectivity index (χ1n) is 5.65. The lowest BCUT2D eigenvalue weighted by molar-refractivity contribution is 0.340. The Balaban J connectivity index is 2.22. The van der Waals surface area contributed by atoms with Crippen LogP contribution in [0.15, 0.2) is 29.6 Å². The lowest BCUT2D eigenvalue weighted by atomic mass is 10.2. The largest absolute Gasteiger partial charge is 0.494 e. The van der Waals surface area contributed by atoms with Gasteiger partial charge in [0.1, 0.15) is 10.8 Å². The maximum Gasteiger partial charge on any atom is 0.123 e. The predicted molar refractivity (Wildman–Crippen MR) is 71.5 cm³/mol. The number of benzene rings is 1. The Morgan fingerprint density at radius 2 is 2.29 bits per heavy atom. The third-order valence-corrected chi connectivity index (χ3v) is 3.24. The van der Waals surface area contributed by atoms with E-state index in [1.807, 2.05) is 32.2 Å². The first-order chi connectivity index (χ1) is 8.33. The van der Waals surface area contributed by atoms with E-state index in [2.05, 4.69) is 21.7 Å². The van der Waals surface area contributed by atoms with Crippen LogP contribution >= 0.6 is 11.3 Å². The zero-order valence-corrected chi connectivity index (χ0v) is 10.9. The molecule has 17 heavy (non-hydrogen) atoms. The molecule has 2 aromatic rings. The summed E-state index contributed by atoms with van der Waals surface area (Å²) in [5.74, 6) is 0.898. The number of rotatable bonds is 5. The van der Waals surface area contributed by atoms with E-state index in [9.17, 15) is 0 Å². The molecule has 90 valence electrons. The summed E-state index contributed by atoms with van der Waals surface area (Å²) >= 11 is 1.66. The lowest BCUT2D eigenvalue weighted by Gasteiger charge is -2.03. The maximum absolute atomic E-state index is 5.49.